The molecule has 2 unspecified atom stereocenters. The maximum Gasteiger partial charge on any atom is 0.118 e. The molecule has 2 aliphatic carbocycles. The molecule has 2 saturated carbocycles. The van der Waals surface area contributed by atoms with E-state index in [0.717, 1.165) is 29.0 Å². The van der Waals surface area contributed by atoms with Crippen molar-refractivity contribution < 1.29 is 4.74 Å². The molecule has 0 radical (unpaired) electrons. The molecular formula is C18H27NOS. The lowest BCUT2D eigenvalue weighted by Crippen LogP contribution is -2.50. The number of methoxy groups -OCH3 is 1. The summed E-state index contributed by atoms with van der Waals surface area (Å²) in [4.78, 5) is 0. The minimum Gasteiger partial charge on any atom is -0.497 e. The van der Waals surface area contributed by atoms with Gasteiger partial charge in [-0.05, 0) is 55.6 Å². The molecule has 0 bridgehead atoms. The van der Waals surface area contributed by atoms with Crippen LogP contribution in [0, 0.1) is 0 Å². The zero-order valence-corrected chi connectivity index (χ0v) is 14.0. The van der Waals surface area contributed by atoms with E-state index in [9.17, 15) is 0 Å². The van der Waals surface area contributed by atoms with Gasteiger partial charge in [-0.25, -0.2) is 0 Å². The highest BCUT2D eigenvalue weighted by molar-refractivity contribution is 7.99. The van der Waals surface area contributed by atoms with Crippen LogP contribution in [0.2, 0.25) is 0 Å². The maximum absolute atomic E-state index is 5.23. The Bertz CT molecular complexity index is 441. The lowest BCUT2D eigenvalue weighted by molar-refractivity contribution is 0.242. The van der Waals surface area contributed by atoms with Crippen LogP contribution in [0.25, 0.3) is 0 Å². The van der Waals surface area contributed by atoms with Crippen LogP contribution in [0.3, 0.4) is 0 Å². The van der Waals surface area contributed by atoms with E-state index < -0.39 is 0 Å². The number of ether oxygens (including phenoxy) is 1. The van der Waals surface area contributed by atoms with Crippen LogP contribution in [-0.2, 0) is 0 Å². The smallest absolute Gasteiger partial charge is 0.118 e. The van der Waals surface area contributed by atoms with Gasteiger partial charge in [-0.3, -0.25) is 0 Å². The van der Waals surface area contributed by atoms with Gasteiger partial charge in [-0.15, -0.1) is 0 Å². The molecule has 1 aromatic carbocycles. The van der Waals surface area contributed by atoms with Gasteiger partial charge in [0.05, 0.1) is 7.11 Å². The van der Waals surface area contributed by atoms with E-state index in [1.807, 2.05) is 0 Å². The number of hydrogen-bond acceptors (Lipinski definition) is 3. The Morgan fingerprint density at radius 1 is 1.10 bits per heavy atom. The van der Waals surface area contributed by atoms with Crippen LogP contribution in [0.5, 0.6) is 5.75 Å². The molecule has 0 aliphatic heterocycles. The molecule has 2 nitrogen and oxygen atoms in total. The molecule has 2 atom stereocenters. The number of nitrogens with one attached hydrogen (secondary N) is 1. The molecule has 21 heavy (non-hydrogen) atoms. The molecule has 0 amide bonds. The zero-order chi connectivity index (χ0) is 14.7. The summed E-state index contributed by atoms with van der Waals surface area (Å²) in [5.41, 5.74) is 1.47. The molecule has 0 spiro atoms. The summed E-state index contributed by atoms with van der Waals surface area (Å²) >= 11 is 2.06. The standard InChI is InChI=1S/C18H27NOS/c1-20-16-9-7-13(8-10-16)14-11-15(12-14)19-17-5-3-4-6-18(17)21-2/h7-10,14-15,17-19H,3-6,11-12H2,1-2H3. The molecule has 0 saturated heterocycles. The van der Waals surface area contributed by atoms with E-state index >= 15 is 0 Å². The van der Waals surface area contributed by atoms with Crippen LogP contribution < -0.4 is 10.1 Å². The van der Waals surface area contributed by atoms with E-state index in [4.69, 9.17) is 4.74 Å². The summed E-state index contributed by atoms with van der Waals surface area (Å²) in [6.07, 6.45) is 10.5. The fraction of sp³-hybridized carbons (Fsp3) is 0.667. The molecule has 3 heteroatoms. The van der Waals surface area contributed by atoms with E-state index in [1.54, 1.807) is 7.11 Å². The molecule has 2 aliphatic rings. The second-order valence-corrected chi connectivity index (χ2v) is 7.55. The van der Waals surface area contributed by atoms with Gasteiger partial charge in [0, 0.05) is 17.3 Å². The summed E-state index contributed by atoms with van der Waals surface area (Å²) < 4.78 is 5.23. The summed E-state index contributed by atoms with van der Waals surface area (Å²) in [5.74, 6) is 1.70. The second-order valence-electron chi connectivity index (χ2n) is 6.47. The van der Waals surface area contributed by atoms with Crippen molar-refractivity contribution >= 4 is 11.8 Å². The third kappa shape index (κ3) is 3.57. The van der Waals surface area contributed by atoms with Crippen LogP contribution >= 0.6 is 11.8 Å². The first-order valence-electron chi connectivity index (χ1n) is 8.23. The normalized spacial score (nSPS) is 32.5. The van der Waals surface area contributed by atoms with Crippen molar-refractivity contribution in [2.75, 3.05) is 13.4 Å². The highest BCUT2D eigenvalue weighted by Crippen LogP contribution is 2.39. The van der Waals surface area contributed by atoms with E-state index in [-0.39, 0.29) is 0 Å². The molecule has 0 heterocycles. The van der Waals surface area contributed by atoms with Crippen molar-refractivity contribution in [2.24, 2.45) is 0 Å². The molecular weight excluding hydrogens is 278 g/mol. The van der Waals surface area contributed by atoms with Gasteiger partial charge in [0.2, 0.25) is 0 Å². The van der Waals surface area contributed by atoms with Gasteiger partial charge in [0.15, 0.2) is 0 Å². The molecule has 116 valence electrons. The first kappa shape index (κ1) is 15.2. The highest BCUT2D eigenvalue weighted by Gasteiger charge is 2.34. The third-order valence-electron chi connectivity index (χ3n) is 5.18. The topological polar surface area (TPSA) is 21.3 Å². The van der Waals surface area contributed by atoms with Gasteiger partial charge in [-0.2, -0.15) is 11.8 Å². The van der Waals surface area contributed by atoms with Gasteiger partial charge in [0.25, 0.3) is 0 Å². The Hall–Kier alpha value is -0.670. The molecule has 2 fully saturated rings. The largest absolute Gasteiger partial charge is 0.497 e. The Kier molecular flexibility index (Phi) is 5.12. The molecule has 1 aromatic rings. The fourth-order valence-corrected chi connectivity index (χ4v) is 4.72. The number of thioether (sulfide) groups is 1. The van der Waals surface area contributed by atoms with Crippen molar-refractivity contribution in [3.63, 3.8) is 0 Å². The first-order valence-corrected chi connectivity index (χ1v) is 9.51. The van der Waals surface area contributed by atoms with E-state index in [1.165, 1.54) is 44.1 Å². The predicted molar refractivity (Wildman–Crippen MR) is 91.5 cm³/mol. The van der Waals surface area contributed by atoms with Crippen molar-refractivity contribution in [2.45, 2.75) is 61.8 Å². The average Bonchev–Trinajstić information content (AvgIpc) is 2.51. The van der Waals surface area contributed by atoms with Crippen LogP contribution in [0.1, 0.15) is 50.0 Å². The first-order chi connectivity index (χ1) is 10.3. The highest BCUT2D eigenvalue weighted by atomic mass is 32.2. The van der Waals surface area contributed by atoms with E-state index in [0.29, 0.717) is 0 Å². The molecule has 0 aromatic heterocycles. The van der Waals surface area contributed by atoms with Crippen molar-refractivity contribution in [3.05, 3.63) is 29.8 Å². The number of benzene rings is 1. The summed E-state index contributed by atoms with van der Waals surface area (Å²) in [7, 11) is 1.73. The quantitative estimate of drug-likeness (QED) is 0.880. The van der Waals surface area contributed by atoms with E-state index in [2.05, 4.69) is 47.6 Å². The summed E-state index contributed by atoms with van der Waals surface area (Å²) in [5, 5.41) is 4.77. The average molecular weight is 305 g/mol. The third-order valence-corrected chi connectivity index (χ3v) is 6.35. The van der Waals surface area contributed by atoms with Crippen molar-refractivity contribution in [3.8, 4) is 5.75 Å². The van der Waals surface area contributed by atoms with Crippen molar-refractivity contribution in [1.82, 2.24) is 5.32 Å². The lowest BCUT2D eigenvalue weighted by Gasteiger charge is -2.42. The fourth-order valence-electron chi connectivity index (χ4n) is 3.77. The second kappa shape index (κ2) is 7.06. The summed E-state index contributed by atoms with van der Waals surface area (Å²) in [6.45, 7) is 0. The van der Waals surface area contributed by atoms with Gasteiger partial charge >= 0.3 is 0 Å². The van der Waals surface area contributed by atoms with Gasteiger partial charge < -0.3 is 10.1 Å². The predicted octanol–water partition coefficient (Wildman–Crippen LogP) is 4.21. The number of rotatable bonds is 5. The maximum atomic E-state index is 5.23. The SMILES string of the molecule is COc1ccc(C2CC(NC3CCCCC3SC)C2)cc1. The zero-order valence-electron chi connectivity index (χ0n) is 13.2. The van der Waals surface area contributed by atoms with Crippen LogP contribution in [0.15, 0.2) is 24.3 Å². The van der Waals surface area contributed by atoms with Gasteiger partial charge in [0.1, 0.15) is 5.75 Å². The Morgan fingerprint density at radius 2 is 1.81 bits per heavy atom. The molecule has 1 N–H and O–H groups in total. The van der Waals surface area contributed by atoms with Crippen LogP contribution in [0.4, 0.5) is 0 Å². The summed E-state index contributed by atoms with van der Waals surface area (Å²) in [6, 6.07) is 10.1. The van der Waals surface area contributed by atoms with Crippen molar-refractivity contribution in [1.29, 1.82) is 0 Å². The van der Waals surface area contributed by atoms with Gasteiger partial charge in [-0.1, -0.05) is 25.0 Å². The van der Waals surface area contributed by atoms with Crippen LogP contribution in [-0.4, -0.2) is 30.7 Å². The Morgan fingerprint density at radius 3 is 2.48 bits per heavy atom. The lowest BCUT2D eigenvalue weighted by atomic mass is 9.75. The molecule has 3 rings (SSSR count). The minimum absolute atomic E-state index is 0.731. The number of hydrogen-bond donors (Lipinski definition) is 1. The Balaban J connectivity index is 1.48. The Labute approximate surface area is 133 Å². The minimum atomic E-state index is 0.731. The monoisotopic (exact) mass is 305 g/mol.